The average molecular weight is 293 g/mol. The van der Waals surface area contributed by atoms with Gasteiger partial charge in [0.15, 0.2) is 0 Å². The SMILES string of the molecule is Cc1nn(C)c(C)c1CC(=O)NC1CCCC1(C)C(=O)O. The molecule has 2 rings (SSSR count). The van der Waals surface area contributed by atoms with E-state index in [0.29, 0.717) is 6.42 Å². The molecule has 2 atom stereocenters. The van der Waals surface area contributed by atoms with Crippen LogP contribution in [0.3, 0.4) is 0 Å². The van der Waals surface area contributed by atoms with Crippen LogP contribution in [-0.2, 0) is 23.1 Å². The Morgan fingerprint density at radius 2 is 2.14 bits per heavy atom. The first kappa shape index (κ1) is 15.5. The zero-order chi connectivity index (χ0) is 15.8. The predicted molar refractivity (Wildman–Crippen MR) is 77.9 cm³/mol. The van der Waals surface area contributed by atoms with Crippen molar-refractivity contribution in [3.05, 3.63) is 17.0 Å². The summed E-state index contributed by atoms with van der Waals surface area (Å²) in [5.74, 6) is -0.965. The Morgan fingerprint density at radius 1 is 1.48 bits per heavy atom. The summed E-state index contributed by atoms with van der Waals surface area (Å²) in [5.41, 5.74) is 1.88. The summed E-state index contributed by atoms with van der Waals surface area (Å²) >= 11 is 0. The minimum Gasteiger partial charge on any atom is -0.481 e. The summed E-state index contributed by atoms with van der Waals surface area (Å²) in [6, 6.07) is -0.292. The van der Waals surface area contributed by atoms with Crippen LogP contribution < -0.4 is 5.32 Å². The maximum absolute atomic E-state index is 12.3. The Kier molecular flexibility index (Phi) is 4.07. The topological polar surface area (TPSA) is 84.2 Å². The molecule has 6 nitrogen and oxygen atoms in total. The third-order valence-electron chi connectivity index (χ3n) is 4.78. The van der Waals surface area contributed by atoms with Crippen LogP contribution in [-0.4, -0.2) is 32.8 Å². The minimum absolute atomic E-state index is 0.131. The molecule has 2 unspecified atom stereocenters. The number of rotatable bonds is 4. The molecular formula is C15H23N3O3. The molecule has 21 heavy (non-hydrogen) atoms. The predicted octanol–water partition coefficient (Wildman–Crippen LogP) is 1.34. The summed E-state index contributed by atoms with van der Waals surface area (Å²) in [5, 5.41) is 16.6. The van der Waals surface area contributed by atoms with Gasteiger partial charge in [0.05, 0.1) is 17.5 Å². The van der Waals surface area contributed by atoms with E-state index in [2.05, 4.69) is 10.4 Å². The third kappa shape index (κ3) is 2.80. The van der Waals surface area contributed by atoms with E-state index < -0.39 is 11.4 Å². The molecule has 0 spiro atoms. The molecule has 1 aromatic heterocycles. The van der Waals surface area contributed by atoms with Gasteiger partial charge in [0, 0.05) is 24.3 Å². The smallest absolute Gasteiger partial charge is 0.311 e. The number of hydrogen-bond donors (Lipinski definition) is 2. The maximum atomic E-state index is 12.3. The highest BCUT2D eigenvalue weighted by atomic mass is 16.4. The Bertz CT molecular complexity index is 579. The highest BCUT2D eigenvalue weighted by Crippen LogP contribution is 2.38. The summed E-state index contributed by atoms with van der Waals surface area (Å²) in [6.07, 6.45) is 2.41. The van der Waals surface area contributed by atoms with Gasteiger partial charge in [0.25, 0.3) is 0 Å². The number of nitrogens with one attached hydrogen (secondary N) is 1. The van der Waals surface area contributed by atoms with Gasteiger partial charge in [-0.2, -0.15) is 5.10 Å². The van der Waals surface area contributed by atoms with Gasteiger partial charge >= 0.3 is 5.97 Å². The van der Waals surface area contributed by atoms with Gasteiger partial charge < -0.3 is 10.4 Å². The van der Waals surface area contributed by atoms with Gasteiger partial charge in [0.1, 0.15) is 0 Å². The van der Waals surface area contributed by atoms with Gasteiger partial charge in [-0.25, -0.2) is 0 Å². The number of aliphatic carboxylic acids is 1. The Labute approximate surface area is 124 Å². The van der Waals surface area contributed by atoms with E-state index in [0.717, 1.165) is 29.8 Å². The number of carboxylic acid groups (broad SMARTS) is 1. The van der Waals surface area contributed by atoms with Crippen LogP contribution in [0.5, 0.6) is 0 Å². The molecule has 0 radical (unpaired) electrons. The van der Waals surface area contributed by atoms with Gasteiger partial charge in [0.2, 0.25) is 5.91 Å². The number of carbonyl (C=O) groups is 2. The van der Waals surface area contributed by atoms with Gasteiger partial charge in [-0.3, -0.25) is 14.3 Å². The first-order chi connectivity index (χ1) is 9.75. The number of aromatic nitrogens is 2. The molecule has 1 aliphatic carbocycles. The summed E-state index contributed by atoms with van der Waals surface area (Å²) in [7, 11) is 1.85. The van der Waals surface area contributed by atoms with E-state index in [4.69, 9.17) is 0 Å². The van der Waals surface area contributed by atoms with Crippen LogP contribution in [0.1, 0.15) is 43.1 Å². The molecule has 0 bridgehead atoms. The van der Waals surface area contributed by atoms with Crippen molar-refractivity contribution in [3.63, 3.8) is 0 Å². The third-order valence-corrected chi connectivity index (χ3v) is 4.78. The summed E-state index contributed by atoms with van der Waals surface area (Å²) < 4.78 is 1.76. The molecule has 0 aromatic carbocycles. The van der Waals surface area contributed by atoms with Crippen LogP contribution in [0.15, 0.2) is 0 Å². The number of aryl methyl sites for hydroxylation is 2. The van der Waals surface area contributed by atoms with Crippen LogP contribution in [0, 0.1) is 19.3 Å². The lowest BCUT2D eigenvalue weighted by Crippen LogP contribution is -2.47. The van der Waals surface area contributed by atoms with E-state index in [-0.39, 0.29) is 18.4 Å². The van der Waals surface area contributed by atoms with E-state index in [1.165, 1.54) is 0 Å². The second-order valence-corrected chi connectivity index (χ2v) is 6.18. The molecule has 0 saturated heterocycles. The molecule has 2 N–H and O–H groups in total. The zero-order valence-electron chi connectivity index (χ0n) is 13.1. The van der Waals surface area contributed by atoms with Crippen LogP contribution in [0.2, 0.25) is 0 Å². The molecule has 0 aliphatic heterocycles. The Hall–Kier alpha value is -1.85. The number of nitrogens with zero attached hydrogens (tertiary/aromatic N) is 2. The van der Waals surface area contributed by atoms with Crippen molar-refractivity contribution in [2.45, 2.75) is 52.5 Å². The van der Waals surface area contributed by atoms with Crippen LogP contribution in [0.25, 0.3) is 0 Å². The van der Waals surface area contributed by atoms with Crippen molar-refractivity contribution in [3.8, 4) is 0 Å². The lowest BCUT2D eigenvalue weighted by molar-refractivity contribution is -0.149. The van der Waals surface area contributed by atoms with Crippen molar-refractivity contribution < 1.29 is 14.7 Å². The quantitative estimate of drug-likeness (QED) is 0.877. The maximum Gasteiger partial charge on any atom is 0.311 e. The normalized spacial score (nSPS) is 25.0. The molecular weight excluding hydrogens is 270 g/mol. The molecule has 1 aromatic rings. The molecule has 116 valence electrons. The van der Waals surface area contributed by atoms with Crippen LogP contribution >= 0.6 is 0 Å². The summed E-state index contributed by atoms with van der Waals surface area (Å²) in [4.78, 5) is 23.7. The first-order valence-corrected chi connectivity index (χ1v) is 7.27. The van der Waals surface area contributed by atoms with Gasteiger partial charge in [-0.15, -0.1) is 0 Å². The van der Waals surface area contributed by atoms with E-state index in [9.17, 15) is 14.7 Å². The molecule has 1 fully saturated rings. The van der Waals surface area contributed by atoms with Gasteiger partial charge in [-0.05, 0) is 33.6 Å². The fraction of sp³-hybridized carbons (Fsp3) is 0.667. The van der Waals surface area contributed by atoms with Gasteiger partial charge in [-0.1, -0.05) is 6.42 Å². The minimum atomic E-state index is -0.852. The largest absolute Gasteiger partial charge is 0.481 e. The monoisotopic (exact) mass is 293 g/mol. The molecule has 1 amide bonds. The second kappa shape index (κ2) is 5.50. The van der Waals surface area contributed by atoms with E-state index in [1.54, 1.807) is 11.6 Å². The zero-order valence-corrected chi connectivity index (χ0v) is 13.1. The molecule has 1 saturated carbocycles. The lowest BCUT2D eigenvalue weighted by atomic mass is 9.85. The standard InChI is InChI=1S/C15H23N3O3/c1-9-11(10(2)18(4)17-9)8-13(19)16-12-6-5-7-15(12,3)14(20)21/h12H,5-8H2,1-4H3,(H,16,19)(H,20,21). The fourth-order valence-electron chi connectivity index (χ4n) is 3.13. The van der Waals surface area contributed by atoms with Crippen LogP contribution in [0.4, 0.5) is 0 Å². The number of carbonyl (C=O) groups excluding carboxylic acids is 1. The first-order valence-electron chi connectivity index (χ1n) is 7.27. The van der Waals surface area contributed by atoms with Crippen molar-refractivity contribution in [1.29, 1.82) is 0 Å². The molecule has 1 aliphatic rings. The average Bonchev–Trinajstić information content (AvgIpc) is 2.87. The molecule has 6 heteroatoms. The summed E-state index contributed by atoms with van der Waals surface area (Å²) in [6.45, 7) is 5.53. The number of amides is 1. The second-order valence-electron chi connectivity index (χ2n) is 6.18. The lowest BCUT2D eigenvalue weighted by Gasteiger charge is -2.27. The van der Waals surface area contributed by atoms with E-state index >= 15 is 0 Å². The highest BCUT2D eigenvalue weighted by Gasteiger charge is 2.45. The Morgan fingerprint density at radius 3 is 2.67 bits per heavy atom. The van der Waals surface area contributed by atoms with E-state index in [1.807, 2.05) is 20.9 Å². The molecule has 1 heterocycles. The fourth-order valence-corrected chi connectivity index (χ4v) is 3.13. The highest BCUT2D eigenvalue weighted by molar-refractivity contribution is 5.82. The number of hydrogen-bond acceptors (Lipinski definition) is 3. The number of carboxylic acids is 1. The van der Waals surface area contributed by atoms with Crippen molar-refractivity contribution in [2.24, 2.45) is 12.5 Å². The Balaban J connectivity index is 2.07. The van der Waals surface area contributed by atoms with Crippen molar-refractivity contribution in [1.82, 2.24) is 15.1 Å². The van der Waals surface area contributed by atoms with Crippen molar-refractivity contribution >= 4 is 11.9 Å². The van der Waals surface area contributed by atoms with Crippen molar-refractivity contribution in [2.75, 3.05) is 0 Å².